The van der Waals surface area contributed by atoms with Crippen molar-refractivity contribution in [3.8, 4) is 11.5 Å². The zero-order chi connectivity index (χ0) is 19.7. The SMILES string of the molecule is CCc1ccccc1OC1CN(C(=O)Nc2ccc3c(c2)OCC(=O)N3C)C1. The van der Waals surface area contributed by atoms with Crippen molar-refractivity contribution in [3.63, 3.8) is 0 Å². The Kier molecular flexibility index (Phi) is 4.81. The fourth-order valence-corrected chi connectivity index (χ4v) is 3.33. The molecule has 0 radical (unpaired) electrons. The number of nitrogens with zero attached hydrogens (tertiary/aromatic N) is 2. The summed E-state index contributed by atoms with van der Waals surface area (Å²) in [7, 11) is 1.71. The fraction of sp³-hybridized carbons (Fsp3) is 0.333. The molecule has 0 unspecified atom stereocenters. The molecule has 1 N–H and O–H groups in total. The number of carbonyl (C=O) groups excluding carboxylic acids is 2. The van der Waals surface area contributed by atoms with E-state index >= 15 is 0 Å². The van der Waals surface area contributed by atoms with Gasteiger partial charge in [-0.3, -0.25) is 4.79 Å². The number of ether oxygens (including phenoxy) is 2. The zero-order valence-electron chi connectivity index (χ0n) is 16.0. The van der Waals surface area contributed by atoms with Crippen LogP contribution in [0.2, 0.25) is 0 Å². The van der Waals surface area contributed by atoms with Crippen LogP contribution >= 0.6 is 0 Å². The van der Waals surface area contributed by atoms with E-state index in [0.29, 0.717) is 30.2 Å². The van der Waals surface area contributed by atoms with Crippen molar-refractivity contribution in [3.05, 3.63) is 48.0 Å². The fourth-order valence-electron chi connectivity index (χ4n) is 3.33. The van der Waals surface area contributed by atoms with Crippen molar-refractivity contribution in [1.82, 2.24) is 4.90 Å². The number of rotatable bonds is 4. The number of likely N-dealkylation sites (N-methyl/N-ethyl adjacent to an activating group) is 1. The van der Waals surface area contributed by atoms with E-state index in [-0.39, 0.29) is 24.6 Å². The standard InChI is InChI=1S/C21H23N3O4/c1-3-14-6-4-5-7-18(14)28-16-11-24(12-16)21(26)22-15-8-9-17-19(10-15)27-13-20(25)23(17)2/h4-10,16H,3,11-13H2,1-2H3,(H,22,26). The van der Waals surface area contributed by atoms with Gasteiger partial charge in [0.2, 0.25) is 0 Å². The van der Waals surface area contributed by atoms with Gasteiger partial charge in [-0.25, -0.2) is 4.79 Å². The van der Waals surface area contributed by atoms with E-state index in [1.165, 1.54) is 5.56 Å². The zero-order valence-corrected chi connectivity index (χ0v) is 16.0. The van der Waals surface area contributed by atoms with E-state index in [0.717, 1.165) is 12.2 Å². The van der Waals surface area contributed by atoms with Crippen molar-refractivity contribution < 1.29 is 19.1 Å². The third-order valence-corrected chi connectivity index (χ3v) is 5.08. The molecule has 28 heavy (non-hydrogen) atoms. The molecule has 0 atom stereocenters. The van der Waals surface area contributed by atoms with Crippen molar-refractivity contribution in [2.24, 2.45) is 0 Å². The van der Waals surface area contributed by atoms with Crippen LogP contribution in [0.15, 0.2) is 42.5 Å². The maximum Gasteiger partial charge on any atom is 0.322 e. The molecule has 0 bridgehead atoms. The van der Waals surface area contributed by atoms with Crippen LogP contribution in [0.5, 0.6) is 11.5 Å². The Morgan fingerprint density at radius 2 is 2.04 bits per heavy atom. The van der Waals surface area contributed by atoms with Gasteiger partial charge in [0, 0.05) is 18.8 Å². The number of benzene rings is 2. The average Bonchev–Trinajstić information content (AvgIpc) is 2.67. The highest BCUT2D eigenvalue weighted by molar-refractivity contribution is 5.98. The molecule has 7 nitrogen and oxygen atoms in total. The molecule has 0 aliphatic carbocycles. The van der Waals surface area contributed by atoms with Crippen LogP contribution < -0.4 is 19.7 Å². The largest absolute Gasteiger partial charge is 0.486 e. The number of amides is 3. The van der Waals surface area contributed by atoms with E-state index in [1.54, 1.807) is 35.0 Å². The molecule has 0 spiro atoms. The van der Waals surface area contributed by atoms with Crippen LogP contribution in [0.25, 0.3) is 0 Å². The molecule has 0 saturated carbocycles. The predicted octanol–water partition coefficient (Wildman–Crippen LogP) is 2.90. The number of anilines is 2. The molecule has 2 aromatic carbocycles. The van der Waals surface area contributed by atoms with E-state index < -0.39 is 0 Å². The molecule has 3 amide bonds. The number of fused-ring (bicyclic) bond motifs is 1. The number of para-hydroxylation sites is 1. The first-order valence-electron chi connectivity index (χ1n) is 9.39. The Labute approximate surface area is 163 Å². The summed E-state index contributed by atoms with van der Waals surface area (Å²) in [6.07, 6.45) is 0.916. The molecule has 0 aromatic heterocycles. The van der Waals surface area contributed by atoms with Gasteiger partial charge in [0.15, 0.2) is 6.61 Å². The van der Waals surface area contributed by atoms with Gasteiger partial charge < -0.3 is 24.6 Å². The van der Waals surface area contributed by atoms with Gasteiger partial charge in [-0.15, -0.1) is 0 Å². The van der Waals surface area contributed by atoms with Crippen molar-refractivity contribution >= 4 is 23.3 Å². The monoisotopic (exact) mass is 381 g/mol. The second-order valence-electron chi connectivity index (χ2n) is 6.96. The molecule has 2 heterocycles. The minimum atomic E-state index is -0.177. The summed E-state index contributed by atoms with van der Waals surface area (Å²) in [5, 5.41) is 2.87. The minimum Gasteiger partial charge on any atom is -0.486 e. The van der Waals surface area contributed by atoms with Crippen LogP contribution in [0.1, 0.15) is 12.5 Å². The smallest absolute Gasteiger partial charge is 0.322 e. The Bertz CT molecular complexity index is 908. The number of hydrogen-bond acceptors (Lipinski definition) is 4. The Morgan fingerprint density at radius 3 is 2.82 bits per heavy atom. The lowest BCUT2D eigenvalue weighted by molar-refractivity contribution is -0.120. The summed E-state index contributed by atoms with van der Waals surface area (Å²) >= 11 is 0. The Hall–Kier alpha value is -3.22. The van der Waals surface area contributed by atoms with Crippen LogP contribution in [-0.4, -0.2) is 49.7 Å². The molecule has 7 heteroatoms. The van der Waals surface area contributed by atoms with E-state index in [2.05, 4.69) is 18.3 Å². The van der Waals surface area contributed by atoms with E-state index in [4.69, 9.17) is 9.47 Å². The van der Waals surface area contributed by atoms with Gasteiger partial charge >= 0.3 is 6.03 Å². The predicted molar refractivity (Wildman–Crippen MR) is 106 cm³/mol. The van der Waals surface area contributed by atoms with Gasteiger partial charge in [-0.05, 0) is 30.2 Å². The first-order chi connectivity index (χ1) is 13.5. The van der Waals surface area contributed by atoms with E-state index in [1.807, 2.05) is 18.2 Å². The summed E-state index contributed by atoms with van der Waals surface area (Å²) < 4.78 is 11.5. The number of nitrogens with one attached hydrogen (secondary N) is 1. The number of likely N-dealkylation sites (tertiary alicyclic amines) is 1. The second-order valence-corrected chi connectivity index (χ2v) is 6.96. The normalized spacial score (nSPS) is 16.1. The molecule has 4 rings (SSSR count). The van der Waals surface area contributed by atoms with Crippen LogP contribution in [0.3, 0.4) is 0 Å². The highest BCUT2D eigenvalue weighted by Gasteiger charge is 2.33. The summed E-state index contributed by atoms with van der Waals surface area (Å²) in [5.41, 5.74) is 2.50. The number of hydrogen-bond donors (Lipinski definition) is 1. The first-order valence-corrected chi connectivity index (χ1v) is 9.39. The van der Waals surface area contributed by atoms with Crippen LogP contribution in [0.4, 0.5) is 16.2 Å². The molecule has 1 saturated heterocycles. The van der Waals surface area contributed by atoms with Crippen molar-refractivity contribution in [2.75, 3.05) is 37.0 Å². The molecule has 2 aliphatic heterocycles. The van der Waals surface area contributed by atoms with E-state index in [9.17, 15) is 9.59 Å². The Balaban J connectivity index is 1.33. The third-order valence-electron chi connectivity index (χ3n) is 5.08. The van der Waals surface area contributed by atoms with Gasteiger partial charge in [-0.2, -0.15) is 0 Å². The summed E-state index contributed by atoms with van der Waals surface area (Å²) in [5.74, 6) is 1.38. The van der Waals surface area contributed by atoms with Gasteiger partial charge in [0.25, 0.3) is 5.91 Å². The first kappa shape index (κ1) is 18.2. The minimum absolute atomic E-state index is 0.00461. The van der Waals surface area contributed by atoms with Crippen molar-refractivity contribution in [1.29, 1.82) is 0 Å². The molecule has 1 fully saturated rings. The van der Waals surface area contributed by atoms with Crippen LogP contribution in [-0.2, 0) is 11.2 Å². The molecular weight excluding hydrogens is 358 g/mol. The number of aryl methyl sites for hydroxylation is 1. The average molecular weight is 381 g/mol. The van der Waals surface area contributed by atoms with Gasteiger partial charge in [0.05, 0.1) is 18.8 Å². The maximum absolute atomic E-state index is 12.5. The summed E-state index contributed by atoms with van der Waals surface area (Å²) in [6.45, 7) is 3.19. The summed E-state index contributed by atoms with van der Waals surface area (Å²) in [4.78, 5) is 27.4. The molecule has 146 valence electrons. The molecule has 2 aliphatic rings. The second kappa shape index (κ2) is 7.42. The maximum atomic E-state index is 12.5. The summed E-state index contributed by atoms with van der Waals surface area (Å²) in [6, 6.07) is 13.1. The van der Waals surface area contributed by atoms with Gasteiger partial charge in [0.1, 0.15) is 17.6 Å². The highest BCUT2D eigenvalue weighted by atomic mass is 16.5. The molecular formula is C21H23N3O4. The molecule has 2 aromatic rings. The Morgan fingerprint density at radius 1 is 1.25 bits per heavy atom. The number of carbonyl (C=O) groups is 2. The lowest BCUT2D eigenvalue weighted by atomic mass is 10.1. The lowest BCUT2D eigenvalue weighted by Crippen LogP contribution is -2.57. The van der Waals surface area contributed by atoms with Crippen molar-refractivity contribution in [2.45, 2.75) is 19.4 Å². The van der Waals surface area contributed by atoms with Crippen LogP contribution in [0, 0.1) is 0 Å². The third kappa shape index (κ3) is 3.47. The number of urea groups is 1. The topological polar surface area (TPSA) is 71.1 Å². The van der Waals surface area contributed by atoms with Gasteiger partial charge in [-0.1, -0.05) is 25.1 Å². The highest BCUT2D eigenvalue weighted by Crippen LogP contribution is 2.33. The lowest BCUT2D eigenvalue weighted by Gasteiger charge is -2.39. The quantitative estimate of drug-likeness (QED) is 0.884.